The van der Waals surface area contributed by atoms with Gasteiger partial charge in [0.15, 0.2) is 0 Å². The Balaban J connectivity index is 2.10. The molecular formula is C19H23N3O3. The number of nitrogens with zero attached hydrogens (tertiary/aromatic N) is 1. The van der Waals surface area contributed by atoms with Crippen molar-refractivity contribution in [2.45, 2.75) is 34.1 Å². The summed E-state index contributed by atoms with van der Waals surface area (Å²) in [7, 11) is 0. The summed E-state index contributed by atoms with van der Waals surface area (Å²) in [5, 5.41) is 4.14. The first-order chi connectivity index (χ1) is 11.9. The van der Waals surface area contributed by atoms with Crippen LogP contribution in [-0.4, -0.2) is 29.2 Å². The molecule has 0 bridgehead atoms. The first-order valence-corrected chi connectivity index (χ1v) is 8.17. The van der Waals surface area contributed by atoms with Gasteiger partial charge in [0.1, 0.15) is 0 Å². The van der Waals surface area contributed by atoms with E-state index in [2.05, 4.69) is 15.5 Å². The van der Waals surface area contributed by atoms with Crippen molar-refractivity contribution in [1.82, 2.24) is 10.4 Å². The molecule has 0 radical (unpaired) electrons. The van der Waals surface area contributed by atoms with E-state index in [1.54, 1.807) is 13.8 Å². The average molecular weight is 341 g/mol. The van der Waals surface area contributed by atoms with E-state index in [1.165, 1.54) is 0 Å². The van der Waals surface area contributed by atoms with E-state index < -0.39 is 0 Å². The van der Waals surface area contributed by atoms with Crippen molar-refractivity contribution >= 4 is 17.6 Å². The molecule has 6 heteroatoms. The van der Waals surface area contributed by atoms with Crippen molar-refractivity contribution in [3.05, 3.63) is 58.4 Å². The minimum absolute atomic E-state index is 0.197. The van der Waals surface area contributed by atoms with Crippen LogP contribution in [0.5, 0.6) is 0 Å². The van der Waals surface area contributed by atoms with E-state index in [1.807, 2.05) is 44.2 Å². The molecule has 25 heavy (non-hydrogen) atoms. The summed E-state index contributed by atoms with van der Waals surface area (Å²) in [5.74, 6) is -0.557. The van der Waals surface area contributed by atoms with Crippen LogP contribution < -0.4 is 5.43 Å². The first-order valence-electron chi connectivity index (χ1n) is 8.17. The van der Waals surface area contributed by atoms with E-state index >= 15 is 0 Å². The Morgan fingerprint density at radius 1 is 1.20 bits per heavy atom. The SMILES string of the molecule is CCOC(=O)c1c(C)[nH]c(/C(C)=N/NC(=O)Cc2ccccc2)c1C. The van der Waals surface area contributed by atoms with E-state index in [-0.39, 0.29) is 18.3 Å². The normalized spacial score (nSPS) is 11.3. The number of carbonyl (C=O) groups excluding carboxylic acids is 2. The Labute approximate surface area is 147 Å². The highest BCUT2D eigenvalue weighted by molar-refractivity contribution is 6.03. The molecule has 132 valence electrons. The van der Waals surface area contributed by atoms with Crippen LogP contribution in [0.3, 0.4) is 0 Å². The van der Waals surface area contributed by atoms with Crippen molar-refractivity contribution in [3.8, 4) is 0 Å². The summed E-state index contributed by atoms with van der Waals surface area (Å²) in [6.45, 7) is 7.50. The Kier molecular flexibility index (Phi) is 6.11. The van der Waals surface area contributed by atoms with Crippen LogP contribution in [0.4, 0.5) is 0 Å². The number of aromatic amines is 1. The smallest absolute Gasteiger partial charge is 0.340 e. The van der Waals surface area contributed by atoms with Crippen LogP contribution in [0, 0.1) is 13.8 Å². The van der Waals surface area contributed by atoms with Gasteiger partial charge in [0, 0.05) is 5.69 Å². The lowest BCUT2D eigenvalue weighted by molar-refractivity contribution is -0.120. The number of hydrogen-bond acceptors (Lipinski definition) is 4. The quantitative estimate of drug-likeness (QED) is 0.481. The molecule has 1 aromatic heterocycles. The van der Waals surface area contributed by atoms with Gasteiger partial charge < -0.3 is 9.72 Å². The molecule has 0 saturated carbocycles. The molecule has 2 aromatic rings. The zero-order valence-electron chi connectivity index (χ0n) is 15.0. The number of hydrazone groups is 1. The van der Waals surface area contributed by atoms with Gasteiger partial charge in [-0.3, -0.25) is 4.79 Å². The molecule has 2 rings (SSSR count). The molecule has 0 atom stereocenters. The van der Waals surface area contributed by atoms with Crippen LogP contribution in [0.25, 0.3) is 0 Å². The Bertz CT molecular complexity index is 792. The summed E-state index contributed by atoms with van der Waals surface area (Å²) in [5.41, 5.74) is 6.77. The third-order valence-corrected chi connectivity index (χ3v) is 3.83. The number of esters is 1. The van der Waals surface area contributed by atoms with Gasteiger partial charge in [0.25, 0.3) is 0 Å². The molecular weight excluding hydrogens is 318 g/mol. The predicted molar refractivity (Wildman–Crippen MR) is 96.7 cm³/mol. The summed E-state index contributed by atoms with van der Waals surface area (Å²) < 4.78 is 5.08. The minimum atomic E-state index is -0.360. The summed E-state index contributed by atoms with van der Waals surface area (Å²) in [6, 6.07) is 9.46. The van der Waals surface area contributed by atoms with Crippen molar-refractivity contribution in [2.75, 3.05) is 6.61 Å². The van der Waals surface area contributed by atoms with Crippen LogP contribution in [0.2, 0.25) is 0 Å². The highest BCUT2D eigenvalue weighted by Crippen LogP contribution is 2.19. The molecule has 0 spiro atoms. The second-order valence-electron chi connectivity index (χ2n) is 5.74. The number of rotatable bonds is 6. The van der Waals surface area contributed by atoms with Crippen molar-refractivity contribution in [3.63, 3.8) is 0 Å². The van der Waals surface area contributed by atoms with Crippen molar-refractivity contribution < 1.29 is 14.3 Å². The van der Waals surface area contributed by atoms with Gasteiger partial charge in [0.05, 0.1) is 30.0 Å². The highest BCUT2D eigenvalue weighted by Gasteiger charge is 2.20. The lowest BCUT2D eigenvalue weighted by Crippen LogP contribution is -2.21. The molecule has 0 aliphatic rings. The fourth-order valence-electron chi connectivity index (χ4n) is 2.64. The zero-order chi connectivity index (χ0) is 18.4. The fraction of sp³-hybridized carbons (Fsp3) is 0.316. The van der Waals surface area contributed by atoms with Gasteiger partial charge in [-0.2, -0.15) is 5.10 Å². The standard InChI is InChI=1S/C19H23N3O3/c1-5-25-19(24)17-12(2)18(20-13(17)3)14(4)21-22-16(23)11-15-9-7-6-8-10-15/h6-10,20H,5,11H2,1-4H3,(H,22,23)/b21-14+. The number of hydrogen-bond donors (Lipinski definition) is 2. The number of aryl methyl sites for hydroxylation is 1. The van der Waals surface area contributed by atoms with Gasteiger partial charge in [0.2, 0.25) is 5.91 Å². The highest BCUT2D eigenvalue weighted by atomic mass is 16.5. The van der Waals surface area contributed by atoms with Crippen molar-refractivity contribution in [1.29, 1.82) is 0 Å². The second kappa shape index (κ2) is 8.28. The number of benzene rings is 1. The number of aromatic nitrogens is 1. The first kappa shape index (κ1) is 18.4. The molecule has 0 fully saturated rings. The number of H-pyrrole nitrogens is 1. The second-order valence-corrected chi connectivity index (χ2v) is 5.74. The largest absolute Gasteiger partial charge is 0.462 e. The van der Waals surface area contributed by atoms with Crippen LogP contribution in [0.1, 0.15) is 46.7 Å². The summed E-state index contributed by atoms with van der Waals surface area (Å²) >= 11 is 0. The Morgan fingerprint density at radius 3 is 2.52 bits per heavy atom. The maximum atomic E-state index is 12.0. The maximum Gasteiger partial charge on any atom is 0.340 e. The molecule has 6 nitrogen and oxygen atoms in total. The summed E-state index contributed by atoms with van der Waals surface area (Å²) in [6.07, 6.45) is 0.258. The predicted octanol–water partition coefficient (Wildman–Crippen LogP) is 2.89. The van der Waals surface area contributed by atoms with Gasteiger partial charge in [-0.05, 0) is 38.8 Å². The zero-order valence-corrected chi connectivity index (χ0v) is 15.0. The number of carbonyl (C=O) groups is 2. The van der Waals surface area contributed by atoms with Crippen LogP contribution >= 0.6 is 0 Å². The van der Waals surface area contributed by atoms with E-state index in [0.29, 0.717) is 23.6 Å². The Morgan fingerprint density at radius 2 is 1.88 bits per heavy atom. The maximum absolute atomic E-state index is 12.0. The molecule has 1 amide bonds. The van der Waals surface area contributed by atoms with Crippen LogP contribution in [-0.2, 0) is 16.0 Å². The monoisotopic (exact) mass is 341 g/mol. The minimum Gasteiger partial charge on any atom is -0.462 e. The van der Waals surface area contributed by atoms with Crippen molar-refractivity contribution in [2.24, 2.45) is 5.10 Å². The van der Waals surface area contributed by atoms with Gasteiger partial charge in [-0.25, -0.2) is 10.2 Å². The van der Waals surface area contributed by atoms with Gasteiger partial charge >= 0.3 is 5.97 Å². The molecule has 2 N–H and O–H groups in total. The number of amides is 1. The lowest BCUT2D eigenvalue weighted by atomic mass is 10.1. The van der Waals surface area contributed by atoms with E-state index in [0.717, 1.165) is 16.8 Å². The summed E-state index contributed by atoms with van der Waals surface area (Å²) in [4.78, 5) is 27.2. The Hall–Kier alpha value is -2.89. The van der Waals surface area contributed by atoms with E-state index in [9.17, 15) is 9.59 Å². The molecule has 0 aliphatic carbocycles. The number of ether oxygens (including phenoxy) is 1. The molecule has 0 aliphatic heterocycles. The average Bonchev–Trinajstić information content (AvgIpc) is 2.88. The third-order valence-electron chi connectivity index (χ3n) is 3.83. The topological polar surface area (TPSA) is 83.6 Å². The van der Waals surface area contributed by atoms with Gasteiger partial charge in [-0.15, -0.1) is 0 Å². The molecule has 0 saturated heterocycles. The van der Waals surface area contributed by atoms with Gasteiger partial charge in [-0.1, -0.05) is 30.3 Å². The number of nitrogens with one attached hydrogen (secondary N) is 2. The lowest BCUT2D eigenvalue weighted by Gasteiger charge is -2.04. The molecule has 0 unspecified atom stereocenters. The van der Waals surface area contributed by atoms with E-state index in [4.69, 9.17) is 4.74 Å². The molecule has 1 heterocycles. The fourth-order valence-corrected chi connectivity index (χ4v) is 2.64. The van der Waals surface area contributed by atoms with Crippen LogP contribution in [0.15, 0.2) is 35.4 Å². The third kappa shape index (κ3) is 4.56. The molecule has 1 aromatic carbocycles.